The van der Waals surface area contributed by atoms with Crippen LogP contribution in [-0.4, -0.2) is 23.0 Å². The molecule has 0 spiro atoms. The molecule has 0 aliphatic heterocycles. The van der Waals surface area contributed by atoms with E-state index in [-0.39, 0.29) is 6.42 Å². The molecule has 0 aromatic heterocycles. The van der Waals surface area contributed by atoms with Gasteiger partial charge in [0.25, 0.3) is 0 Å². The van der Waals surface area contributed by atoms with Crippen LogP contribution >= 0.6 is 15.9 Å². The maximum Gasteiger partial charge on any atom is 0.307 e. The minimum atomic E-state index is -0.812. The fourth-order valence-electron chi connectivity index (χ4n) is 1.44. The Labute approximate surface area is 110 Å². The summed E-state index contributed by atoms with van der Waals surface area (Å²) in [6.45, 7) is 0.714. The third-order valence-corrected chi connectivity index (χ3v) is 2.89. The maximum atomic E-state index is 10.5. The second kappa shape index (κ2) is 8.12. The number of hydrogen-bond acceptors (Lipinski definition) is 2. The number of benzene rings is 1. The fourth-order valence-corrected chi connectivity index (χ4v) is 1.84. The molecule has 4 heteroatoms. The van der Waals surface area contributed by atoms with Crippen LogP contribution in [0.15, 0.2) is 24.3 Å². The van der Waals surface area contributed by atoms with E-state index in [0.29, 0.717) is 6.61 Å². The molecule has 17 heavy (non-hydrogen) atoms. The summed E-state index contributed by atoms with van der Waals surface area (Å²) in [5.74, 6) is -0.00794. The maximum absolute atomic E-state index is 10.5. The largest absolute Gasteiger partial charge is 0.494 e. The Balaban J connectivity index is 2.28. The summed E-state index contributed by atoms with van der Waals surface area (Å²) in [6, 6.07) is 7.23. The van der Waals surface area contributed by atoms with Gasteiger partial charge in [0.1, 0.15) is 5.75 Å². The van der Waals surface area contributed by atoms with E-state index in [2.05, 4.69) is 15.9 Å². The molecule has 0 aliphatic carbocycles. The summed E-state index contributed by atoms with van der Waals surface area (Å²) in [5, 5.41) is 9.66. The van der Waals surface area contributed by atoms with Crippen molar-refractivity contribution in [2.75, 3.05) is 11.9 Å². The number of carbonyl (C=O) groups is 1. The molecule has 0 fully saturated rings. The molecule has 0 heterocycles. The van der Waals surface area contributed by atoms with Gasteiger partial charge in [-0.25, -0.2) is 0 Å². The smallest absolute Gasteiger partial charge is 0.307 e. The van der Waals surface area contributed by atoms with Gasteiger partial charge < -0.3 is 9.84 Å². The number of rotatable bonds is 8. The predicted molar refractivity (Wildman–Crippen MR) is 70.9 cm³/mol. The Morgan fingerprint density at radius 2 is 1.88 bits per heavy atom. The van der Waals surface area contributed by atoms with Crippen molar-refractivity contribution in [2.24, 2.45) is 0 Å². The van der Waals surface area contributed by atoms with E-state index in [1.165, 1.54) is 6.42 Å². The molecule has 0 saturated heterocycles. The average molecular weight is 301 g/mol. The highest BCUT2D eigenvalue weighted by Gasteiger charge is 2.00. The van der Waals surface area contributed by atoms with Crippen LogP contribution in [0.25, 0.3) is 0 Å². The fraction of sp³-hybridized carbons (Fsp3) is 0.462. The molecule has 0 atom stereocenters. The first-order chi connectivity index (χ1) is 8.22. The molecule has 0 saturated carbocycles. The molecule has 1 aromatic rings. The first-order valence-corrected chi connectivity index (χ1v) is 6.84. The van der Waals surface area contributed by atoms with E-state index in [1.54, 1.807) is 12.1 Å². The third-order valence-electron chi connectivity index (χ3n) is 2.33. The molecule has 0 unspecified atom stereocenters. The Morgan fingerprint density at radius 3 is 2.47 bits per heavy atom. The van der Waals surface area contributed by atoms with Crippen molar-refractivity contribution in [3.8, 4) is 5.75 Å². The van der Waals surface area contributed by atoms with Gasteiger partial charge in [0.05, 0.1) is 13.0 Å². The summed E-state index contributed by atoms with van der Waals surface area (Å²) in [5.41, 5.74) is 0.795. The van der Waals surface area contributed by atoms with Gasteiger partial charge >= 0.3 is 5.97 Å². The topological polar surface area (TPSA) is 46.5 Å². The van der Waals surface area contributed by atoms with Crippen LogP contribution in [0.3, 0.4) is 0 Å². The van der Waals surface area contributed by atoms with E-state index in [0.717, 1.165) is 29.5 Å². The number of aliphatic carboxylic acids is 1. The van der Waals surface area contributed by atoms with Crippen molar-refractivity contribution in [2.45, 2.75) is 25.7 Å². The van der Waals surface area contributed by atoms with Crippen LogP contribution < -0.4 is 4.74 Å². The van der Waals surface area contributed by atoms with Gasteiger partial charge in [0.2, 0.25) is 0 Å². The summed E-state index contributed by atoms with van der Waals surface area (Å²) < 4.78 is 5.55. The number of carboxylic acids is 1. The number of halogens is 1. The van der Waals surface area contributed by atoms with Gasteiger partial charge in [-0.05, 0) is 37.0 Å². The van der Waals surface area contributed by atoms with Crippen LogP contribution in [0.2, 0.25) is 0 Å². The van der Waals surface area contributed by atoms with Crippen LogP contribution in [-0.2, 0) is 11.2 Å². The van der Waals surface area contributed by atoms with E-state index in [9.17, 15) is 4.79 Å². The number of carboxylic acid groups (broad SMARTS) is 1. The first-order valence-electron chi connectivity index (χ1n) is 5.72. The second-order valence-electron chi connectivity index (χ2n) is 3.81. The van der Waals surface area contributed by atoms with Gasteiger partial charge in [-0.1, -0.05) is 28.1 Å². The number of ether oxygens (including phenoxy) is 1. The normalized spacial score (nSPS) is 10.2. The second-order valence-corrected chi connectivity index (χ2v) is 4.61. The molecule has 0 amide bonds. The zero-order valence-electron chi connectivity index (χ0n) is 9.69. The zero-order chi connectivity index (χ0) is 12.5. The molecule has 1 N–H and O–H groups in total. The van der Waals surface area contributed by atoms with Gasteiger partial charge in [-0.15, -0.1) is 0 Å². The lowest BCUT2D eigenvalue weighted by molar-refractivity contribution is -0.136. The Kier molecular flexibility index (Phi) is 6.70. The van der Waals surface area contributed by atoms with Gasteiger partial charge in [-0.2, -0.15) is 0 Å². The molecular weight excluding hydrogens is 284 g/mol. The lowest BCUT2D eigenvalue weighted by atomic mass is 10.1. The molecule has 0 aliphatic rings. The number of unbranched alkanes of at least 4 members (excludes halogenated alkanes) is 2. The third kappa shape index (κ3) is 6.31. The lowest BCUT2D eigenvalue weighted by Crippen LogP contribution is -2.00. The van der Waals surface area contributed by atoms with Crippen molar-refractivity contribution in [1.29, 1.82) is 0 Å². The molecule has 94 valence electrons. The Bertz CT molecular complexity index is 335. The standard InChI is InChI=1S/C13H17BrO3/c14-8-2-1-3-9-17-12-6-4-11(5-7-12)10-13(15)16/h4-7H,1-3,8-10H2,(H,15,16). The highest BCUT2D eigenvalue weighted by atomic mass is 79.9. The van der Waals surface area contributed by atoms with Crippen LogP contribution in [0.5, 0.6) is 5.75 Å². The summed E-state index contributed by atoms with van der Waals surface area (Å²) >= 11 is 3.39. The summed E-state index contributed by atoms with van der Waals surface area (Å²) in [7, 11) is 0. The first kappa shape index (κ1) is 14.0. The Hall–Kier alpha value is -1.03. The van der Waals surface area contributed by atoms with Crippen molar-refractivity contribution >= 4 is 21.9 Å². The summed E-state index contributed by atoms with van der Waals surface area (Å²) in [4.78, 5) is 10.5. The molecule has 3 nitrogen and oxygen atoms in total. The highest BCUT2D eigenvalue weighted by molar-refractivity contribution is 9.09. The molecule has 1 aromatic carbocycles. The SMILES string of the molecule is O=C(O)Cc1ccc(OCCCCCBr)cc1. The zero-order valence-corrected chi connectivity index (χ0v) is 11.3. The molecule has 0 bridgehead atoms. The molecule has 0 radical (unpaired) electrons. The quantitative estimate of drug-likeness (QED) is 0.592. The average Bonchev–Trinajstić information content (AvgIpc) is 2.30. The van der Waals surface area contributed by atoms with Gasteiger partial charge in [0.15, 0.2) is 0 Å². The van der Waals surface area contributed by atoms with E-state index < -0.39 is 5.97 Å². The van der Waals surface area contributed by atoms with Crippen LogP contribution in [0.1, 0.15) is 24.8 Å². The minimum Gasteiger partial charge on any atom is -0.494 e. The summed E-state index contributed by atoms with van der Waals surface area (Å²) in [6.07, 6.45) is 3.43. The van der Waals surface area contributed by atoms with Gasteiger partial charge in [0, 0.05) is 5.33 Å². The molecule has 1 rings (SSSR count). The van der Waals surface area contributed by atoms with Crippen molar-refractivity contribution in [1.82, 2.24) is 0 Å². The van der Waals surface area contributed by atoms with Crippen LogP contribution in [0.4, 0.5) is 0 Å². The van der Waals surface area contributed by atoms with Crippen molar-refractivity contribution in [3.05, 3.63) is 29.8 Å². The monoisotopic (exact) mass is 300 g/mol. The van der Waals surface area contributed by atoms with Crippen LogP contribution in [0, 0.1) is 0 Å². The Morgan fingerprint density at radius 1 is 1.18 bits per heavy atom. The molecular formula is C13H17BrO3. The van der Waals surface area contributed by atoms with Crippen molar-refractivity contribution < 1.29 is 14.6 Å². The highest BCUT2D eigenvalue weighted by Crippen LogP contribution is 2.13. The van der Waals surface area contributed by atoms with Crippen molar-refractivity contribution in [3.63, 3.8) is 0 Å². The number of alkyl halides is 1. The van der Waals surface area contributed by atoms with E-state index >= 15 is 0 Å². The van der Waals surface area contributed by atoms with Gasteiger partial charge in [-0.3, -0.25) is 4.79 Å². The predicted octanol–water partition coefficient (Wildman–Crippen LogP) is 3.26. The van der Waals surface area contributed by atoms with E-state index in [1.807, 2.05) is 12.1 Å². The lowest BCUT2D eigenvalue weighted by Gasteiger charge is -2.06. The van der Waals surface area contributed by atoms with E-state index in [4.69, 9.17) is 9.84 Å². The minimum absolute atomic E-state index is 0.0610. The number of hydrogen-bond donors (Lipinski definition) is 1.